The van der Waals surface area contributed by atoms with E-state index in [4.69, 9.17) is 5.73 Å². The van der Waals surface area contributed by atoms with Crippen LogP contribution < -0.4 is 11.1 Å². The Morgan fingerprint density at radius 3 is 2.75 bits per heavy atom. The lowest BCUT2D eigenvalue weighted by atomic mass is 10.0. The van der Waals surface area contributed by atoms with Crippen LogP contribution in [-0.4, -0.2) is 68.2 Å². The molecule has 1 fully saturated rings. The number of nitrogens with one attached hydrogen (secondary N) is 2. The zero-order valence-electron chi connectivity index (χ0n) is 17.6. The number of para-hydroxylation sites is 1. The van der Waals surface area contributed by atoms with Crippen LogP contribution in [0.15, 0.2) is 36.8 Å². The molecule has 4 N–H and O–H groups in total. The van der Waals surface area contributed by atoms with E-state index in [1.54, 1.807) is 4.57 Å². The van der Waals surface area contributed by atoms with Gasteiger partial charge < -0.3 is 25.5 Å². The van der Waals surface area contributed by atoms with E-state index in [9.17, 15) is 14.4 Å². The molecule has 1 aromatic carbocycles. The number of imidazole rings is 1. The summed E-state index contributed by atoms with van der Waals surface area (Å²) in [6.07, 6.45) is 3.54. The fraction of sp³-hybridized carbons (Fsp3) is 0.364. The zero-order valence-corrected chi connectivity index (χ0v) is 17.6. The van der Waals surface area contributed by atoms with E-state index < -0.39 is 11.8 Å². The molecule has 0 saturated carbocycles. The summed E-state index contributed by atoms with van der Waals surface area (Å²) in [6.45, 7) is 3.97. The van der Waals surface area contributed by atoms with Gasteiger partial charge >= 0.3 is 0 Å². The second-order valence-corrected chi connectivity index (χ2v) is 8.36. The van der Waals surface area contributed by atoms with Crippen molar-refractivity contribution in [1.82, 2.24) is 24.3 Å². The number of aromatic nitrogens is 3. The van der Waals surface area contributed by atoms with E-state index in [1.165, 1.54) is 17.3 Å². The number of carbonyl (C=O) groups excluding carboxylic acids is 3. The first kappa shape index (κ1) is 20.3. The van der Waals surface area contributed by atoms with E-state index in [-0.39, 0.29) is 23.9 Å². The summed E-state index contributed by atoms with van der Waals surface area (Å²) in [6, 6.07) is 8.36. The highest BCUT2D eigenvalue weighted by molar-refractivity contribution is 6.03. The number of amides is 3. The number of fused-ring (bicyclic) bond motifs is 2. The summed E-state index contributed by atoms with van der Waals surface area (Å²) < 4.78 is 1.67. The van der Waals surface area contributed by atoms with Gasteiger partial charge in [-0.2, -0.15) is 0 Å². The molecule has 1 atom stereocenters. The maximum atomic E-state index is 12.9. The van der Waals surface area contributed by atoms with Crippen molar-refractivity contribution in [3.8, 4) is 0 Å². The third kappa shape index (κ3) is 3.73. The largest absolute Gasteiger partial charge is 0.364 e. The van der Waals surface area contributed by atoms with E-state index in [2.05, 4.69) is 44.5 Å². The number of anilines is 1. The number of nitrogens with two attached hydrogens (primary N) is 1. The number of benzene rings is 1. The van der Waals surface area contributed by atoms with Crippen molar-refractivity contribution in [2.45, 2.75) is 19.5 Å². The summed E-state index contributed by atoms with van der Waals surface area (Å²) in [5.41, 5.74) is 7.73. The minimum absolute atomic E-state index is 0.0324. The van der Waals surface area contributed by atoms with E-state index in [0.29, 0.717) is 25.5 Å². The van der Waals surface area contributed by atoms with Crippen LogP contribution in [0.4, 0.5) is 5.82 Å². The van der Waals surface area contributed by atoms with Gasteiger partial charge in [0.05, 0.1) is 12.2 Å². The maximum absolute atomic E-state index is 12.9. The second-order valence-electron chi connectivity index (χ2n) is 8.36. The molecule has 0 aliphatic carbocycles. The Balaban J connectivity index is 1.17. The smallest absolute Gasteiger partial charge is 0.271 e. The SMILES string of the molecule is NC(=O)c1ncn2c1NC(=O)C(CC(=O)N1CCN(Cc3cccc4cc[nH]c34)CC1)C2. The van der Waals surface area contributed by atoms with Crippen LogP contribution in [0.3, 0.4) is 0 Å². The van der Waals surface area contributed by atoms with Gasteiger partial charge in [0, 0.05) is 57.4 Å². The molecule has 32 heavy (non-hydrogen) atoms. The Kier molecular flexibility index (Phi) is 5.14. The number of aromatic amines is 1. The molecule has 3 aromatic rings. The number of piperazine rings is 1. The van der Waals surface area contributed by atoms with Gasteiger partial charge in [0.1, 0.15) is 5.82 Å². The number of H-pyrrole nitrogens is 1. The van der Waals surface area contributed by atoms with Crippen molar-refractivity contribution < 1.29 is 14.4 Å². The number of rotatable bonds is 5. The van der Waals surface area contributed by atoms with Gasteiger partial charge in [0.15, 0.2) is 5.69 Å². The van der Waals surface area contributed by atoms with E-state index in [0.717, 1.165) is 25.2 Å². The van der Waals surface area contributed by atoms with Crippen LogP contribution >= 0.6 is 0 Å². The number of carbonyl (C=O) groups is 3. The molecule has 2 aliphatic heterocycles. The number of hydrogen-bond acceptors (Lipinski definition) is 5. The predicted octanol–water partition coefficient (Wildman–Crippen LogP) is 0.766. The van der Waals surface area contributed by atoms with Crippen LogP contribution in [0.25, 0.3) is 10.9 Å². The van der Waals surface area contributed by atoms with Crippen LogP contribution in [0, 0.1) is 5.92 Å². The molecule has 10 nitrogen and oxygen atoms in total. The number of primary amides is 1. The van der Waals surface area contributed by atoms with Gasteiger partial charge in [-0.15, -0.1) is 0 Å². The molecule has 2 aromatic heterocycles. The Hall–Kier alpha value is -3.66. The second kappa shape index (κ2) is 8.12. The fourth-order valence-electron chi connectivity index (χ4n) is 4.55. The van der Waals surface area contributed by atoms with Crippen LogP contribution in [0.2, 0.25) is 0 Å². The lowest BCUT2D eigenvalue weighted by molar-refractivity contribution is -0.137. The van der Waals surface area contributed by atoms with Gasteiger partial charge in [-0.05, 0) is 17.0 Å². The predicted molar refractivity (Wildman–Crippen MR) is 118 cm³/mol. The van der Waals surface area contributed by atoms with Crippen LogP contribution in [-0.2, 0) is 22.7 Å². The first-order valence-electron chi connectivity index (χ1n) is 10.7. The Morgan fingerprint density at radius 1 is 1.16 bits per heavy atom. The maximum Gasteiger partial charge on any atom is 0.271 e. The van der Waals surface area contributed by atoms with Crippen molar-refractivity contribution in [3.05, 3.63) is 48.0 Å². The molecule has 5 rings (SSSR count). The highest BCUT2D eigenvalue weighted by Gasteiger charge is 2.33. The van der Waals surface area contributed by atoms with Crippen LogP contribution in [0.5, 0.6) is 0 Å². The van der Waals surface area contributed by atoms with Crippen molar-refractivity contribution >= 4 is 34.4 Å². The summed E-state index contributed by atoms with van der Waals surface area (Å²) in [5, 5.41) is 3.87. The molecule has 10 heteroatoms. The van der Waals surface area contributed by atoms with Crippen molar-refractivity contribution in [1.29, 1.82) is 0 Å². The first-order chi connectivity index (χ1) is 15.5. The lowest BCUT2D eigenvalue weighted by Crippen LogP contribution is -2.49. The Bertz CT molecular complexity index is 1190. The fourth-order valence-corrected chi connectivity index (χ4v) is 4.55. The molecule has 166 valence electrons. The average Bonchev–Trinajstić information content (AvgIpc) is 3.42. The van der Waals surface area contributed by atoms with Gasteiger partial charge in [-0.3, -0.25) is 19.3 Å². The van der Waals surface area contributed by atoms with E-state index >= 15 is 0 Å². The molecule has 4 heterocycles. The van der Waals surface area contributed by atoms with Gasteiger partial charge in [-0.1, -0.05) is 18.2 Å². The number of nitrogens with zero attached hydrogens (tertiary/aromatic N) is 4. The molecule has 0 bridgehead atoms. The normalized spacial score (nSPS) is 19.1. The molecule has 0 radical (unpaired) electrons. The third-order valence-electron chi connectivity index (χ3n) is 6.31. The van der Waals surface area contributed by atoms with Gasteiger partial charge in [0.2, 0.25) is 11.8 Å². The van der Waals surface area contributed by atoms with Gasteiger partial charge in [-0.25, -0.2) is 4.98 Å². The van der Waals surface area contributed by atoms with Gasteiger partial charge in [0.25, 0.3) is 5.91 Å². The van der Waals surface area contributed by atoms with Crippen molar-refractivity contribution in [2.75, 3.05) is 31.5 Å². The molecule has 1 saturated heterocycles. The molecule has 1 unspecified atom stereocenters. The minimum atomic E-state index is -0.695. The topological polar surface area (TPSA) is 129 Å². The van der Waals surface area contributed by atoms with Crippen LogP contribution in [0.1, 0.15) is 22.5 Å². The minimum Gasteiger partial charge on any atom is -0.364 e. The first-order valence-corrected chi connectivity index (χ1v) is 10.7. The lowest BCUT2D eigenvalue weighted by Gasteiger charge is -2.35. The standard InChI is InChI=1S/C22H25N7O3/c23-20(31)19-21-26-22(32)16(12-29(21)13-25-19)10-17(30)28-8-6-27(7-9-28)11-15-3-1-2-14-4-5-24-18(14)15/h1-5,13,16,24H,6-12H2,(H2,23,31)(H,26,32). The molecular formula is C22H25N7O3. The van der Waals surface area contributed by atoms with Crippen molar-refractivity contribution in [3.63, 3.8) is 0 Å². The molecule has 2 aliphatic rings. The Labute approximate surface area is 184 Å². The average molecular weight is 435 g/mol. The quantitative estimate of drug-likeness (QED) is 0.545. The highest BCUT2D eigenvalue weighted by Crippen LogP contribution is 2.25. The summed E-state index contributed by atoms with van der Waals surface area (Å²) >= 11 is 0. The molecule has 0 spiro atoms. The zero-order chi connectivity index (χ0) is 22.2. The molecular weight excluding hydrogens is 410 g/mol. The monoisotopic (exact) mass is 435 g/mol. The highest BCUT2D eigenvalue weighted by atomic mass is 16.2. The number of hydrogen-bond donors (Lipinski definition) is 3. The summed E-state index contributed by atoms with van der Waals surface area (Å²) in [7, 11) is 0. The Morgan fingerprint density at radius 2 is 1.97 bits per heavy atom. The summed E-state index contributed by atoms with van der Waals surface area (Å²) in [4.78, 5) is 48.2. The van der Waals surface area contributed by atoms with Crippen molar-refractivity contribution in [2.24, 2.45) is 11.7 Å². The van der Waals surface area contributed by atoms with E-state index in [1.807, 2.05) is 11.1 Å². The third-order valence-corrected chi connectivity index (χ3v) is 6.31. The summed E-state index contributed by atoms with van der Waals surface area (Å²) in [5.74, 6) is -1.22. The molecule has 3 amide bonds.